The number of nitrogens with zero attached hydrogens (tertiary/aromatic N) is 1. The van der Waals surface area contributed by atoms with Crippen molar-refractivity contribution in [1.82, 2.24) is 4.90 Å². The molecule has 1 aliphatic heterocycles. The van der Waals surface area contributed by atoms with E-state index in [2.05, 4.69) is 0 Å². The number of carboxylic acid groups (broad SMARTS) is 1. The lowest BCUT2D eigenvalue weighted by Crippen LogP contribution is -2.29. The van der Waals surface area contributed by atoms with E-state index in [9.17, 15) is 14.0 Å². The maximum atomic E-state index is 13.0. The summed E-state index contributed by atoms with van der Waals surface area (Å²) in [6.07, 6.45) is -0.204. The molecule has 0 radical (unpaired) electrons. The van der Waals surface area contributed by atoms with E-state index in [1.165, 1.54) is 11.0 Å². The summed E-state index contributed by atoms with van der Waals surface area (Å²) in [5.41, 5.74) is -0.280. The van der Waals surface area contributed by atoms with Gasteiger partial charge in [0, 0.05) is 20.0 Å². The monoisotopic (exact) mass is 253 g/mol. The smallest absolute Gasteiger partial charge is 0.339 e. The molecule has 0 aliphatic carbocycles. The molecular weight excluding hydrogens is 241 g/mol. The van der Waals surface area contributed by atoms with Gasteiger partial charge in [0.1, 0.15) is 17.1 Å². The molecule has 18 heavy (non-hydrogen) atoms. The number of carbonyl (C=O) groups is 2. The van der Waals surface area contributed by atoms with E-state index < -0.39 is 17.9 Å². The number of likely N-dealkylation sites (N-methyl/N-ethyl adjacent to an activating group) is 1. The number of amides is 1. The van der Waals surface area contributed by atoms with Crippen LogP contribution in [0.15, 0.2) is 18.2 Å². The molecule has 1 aromatic carbocycles. The summed E-state index contributed by atoms with van der Waals surface area (Å²) in [4.78, 5) is 24.1. The standard InChI is InChI=1S/C12H12FNO4/c1-14-5-4-10(11(14)15)18-9-3-2-7(13)6-8(9)12(16)17/h2-3,6,10H,4-5H2,1H3,(H,16,17). The van der Waals surface area contributed by atoms with Crippen LogP contribution in [0.1, 0.15) is 16.8 Å². The van der Waals surface area contributed by atoms with Crippen molar-refractivity contribution in [2.45, 2.75) is 12.5 Å². The first kappa shape index (κ1) is 12.3. The zero-order valence-corrected chi connectivity index (χ0v) is 9.72. The van der Waals surface area contributed by atoms with Crippen molar-refractivity contribution in [3.8, 4) is 5.75 Å². The van der Waals surface area contributed by atoms with E-state index >= 15 is 0 Å². The van der Waals surface area contributed by atoms with Crippen molar-refractivity contribution in [2.75, 3.05) is 13.6 Å². The van der Waals surface area contributed by atoms with Crippen LogP contribution >= 0.6 is 0 Å². The molecule has 96 valence electrons. The first-order chi connectivity index (χ1) is 8.49. The van der Waals surface area contributed by atoms with E-state index in [-0.39, 0.29) is 17.2 Å². The first-order valence-electron chi connectivity index (χ1n) is 5.43. The number of likely N-dealkylation sites (tertiary alicyclic amines) is 1. The number of ether oxygens (including phenoxy) is 1. The molecule has 0 bridgehead atoms. The predicted octanol–water partition coefficient (Wildman–Crippen LogP) is 1.13. The Balaban J connectivity index is 2.24. The molecule has 2 rings (SSSR count). The fourth-order valence-corrected chi connectivity index (χ4v) is 1.83. The van der Waals surface area contributed by atoms with Crippen molar-refractivity contribution >= 4 is 11.9 Å². The van der Waals surface area contributed by atoms with Crippen LogP contribution < -0.4 is 4.74 Å². The van der Waals surface area contributed by atoms with Crippen molar-refractivity contribution in [3.63, 3.8) is 0 Å². The highest BCUT2D eigenvalue weighted by Crippen LogP contribution is 2.24. The van der Waals surface area contributed by atoms with Gasteiger partial charge in [-0.2, -0.15) is 0 Å². The number of hydrogen-bond acceptors (Lipinski definition) is 3. The Morgan fingerprint density at radius 1 is 1.56 bits per heavy atom. The van der Waals surface area contributed by atoms with Crippen LogP contribution in [0.3, 0.4) is 0 Å². The van der Waals surface area contributed by atoms with Crippen LogP contribution in [-0.2, 0) is 4.79 Å². The highest BCUT2D eigenvalue weighted by atomic mass is 19.1. The molecule has 1 aliphatic rings. The summed E-state index contributed by atoms with van der Waals surface area (Å²) in [5.74, 6) is -2.13. The second-order valence-corrected chi connectivity index (χ2v) is 4.10. The molecule has 6 heteroatoms. The van der Waals surface area contributed by atoms with Crippen LogP contribution in [0, 0.1) is 5.82 Å². The van der Waals surface area contributed by atoms with Crippen LogP contribution in [0.25, 0.3) is 0 Å². The second kappa shape index (κ2) is 4.64. The number of hydrogen-bond donors (Lipinski definition) is 1. The van der Waals surface area contributed by atoms with E-state index in [4.69, 9.17) is 9.84 Å². The lowest BCUT2D eigenvalue weighted by atomic mass is 10.2. The van der Waals surface area contributed by atoms with Crippen molar-refractivity contribution in [3.05, 3.63) is 29.6 Å². The average Bonchev–Trinajstić information content (AvgIpc) is 2.63. The maximum Gasteiger partial charge on any atom is 0.339 e. The van der Waals surface area contributed by atoms with E-state index in [1.54, 1.807) is 7.05 Å². The molecule has 0 aromatic heterocycles. The Kier molecular flexibility index (Phi) is 3.18. The second-order valence-electron chi connectivity index (χ2n) is 4.10. The fraction of sp³-hybridized carbons (Fsp3) is 0.333. The van der Waals surface area contributed by atoms with Crippen LogP contribution in [-0.4, -0.2) is 41.6 Å². The Morgan fingerprint density at radius 2 is 2.28 bits per heavy atom. The molecule has 1 atom stereocenters. The third kappa shape index (κ3) is 2.27. The Hall–Kier alpha value is -2.11. The molecule has 1 aromatic rings. The molecule has 1 heterocycles. The number of carboxylic acids is 1. The molecule has 1 saturated heterocycles. The normalized spacial score (nSPS) is 19.1. The molecule has 1 N–H and O–H groups in total. The van der Waals surface area contributed by atoms with E-state index in [1.807, 2.05) is 0 Å². The molecule has 0 saturated carbocycles. The largest absolute Gasteiger partial charge is 0.480 e. The zero-order valence-electron chi connectivity index (χ0n) is 9.72. The Morgan fingerprint density at radius 3 is 2.83 bits per heavy atom. The minimum absolute atomic E-state index is 0.0116. The van der Waals surface area contributed by atoms with Gasteiger partial charge in [0.25, 0.3) is 5.91 Å². The van der Waals surface area contributed by atoms with Crippen molar-refractivity contribution in [1.29, 1.82) is 0 Å². The molecule has 5 nitrogen and oxygen atoms in total. The third-order valence-electron chi connectivity index (χ3n) is 2.82. The zero-order chi connectivity index (χ0) is 13.3. The van der Waals surface area contributed by atoms with Gasteiger partial charge in [-0.15, -0.1) is 0 Å². The summed E-state index contributed by atoms with van der Waals surface area (Å²) >= 11 is 0. The Labute approximate surface area is 103 Å². The number of carbonyl (C=O) groups excluding carboxylic acids is 1. The predicted molar refractivity (Wildman–Crippen MR) is 60.0 cm³/mol. The number of aromatic carboxylic acids is 1. The van der Waals surface area contributed by atoms with Crippen LogP contribution in [0.2, 0.25) is 0 Å². The quantitative estimate of drug-likeness (QED) is 0.877. The summed E-state index contributed by atoms with van der Waals surface area (Å²) in [6, 6.07) is 3.20. The lowest BCUT2D eigenvalue weighted by molar-refractivity contribution is -0.132. The first-order valence-corrected chi connectivity index (χ1v) is 5.43. The summed E-state index contributed by atoms with van der Waals surface area (Å²) in [6.45, 7) is 0.563. The molecule has 1 unspecified atom stereocenters. The minimum atomic E-state index is -1.29. The summed E-state index contributed by atoms with van der Waals surface area (Å²) in [7, 11) is 1.65. The summed E-state index contributed by atoms with van der Waals surface area (Å²) < 4.78 is 18.3. The van der Waals surface area contributed by atoms with Gasteiger partial charge in [0.05, 0.1) is 0 Å². The SMILES string of the molecule is CN1CCC(Oc2ccc(F)cc2C(=O)O)C1=O. The topological polar surface area (TPSA) is 66.8 Å². The molecular formula is C12H12FNO4. The lowest BCUT2D eigenvalue weighted by Gasteiger charge is -2.14. The van der Waals surface area contributed by atoms with Crippen molar-refractivity contribution < 1.29 is 23.8 Å². The summed E-state index contributed by atoms with van der Waals surface area (Å²) in [5, 5.41) is 8.94. The van der Waals surface area contributed by atoms with Gasteiger partial charge in [-0.3, -0.25) is 4.79 Å². The van der Waals surface area contributed by atoms with Gasteiger partial charge in [-0.1, -0.05) is 0 Å². The van der Waals surface area contributed by atoms with E-state index in [0.717, 1.165) is 12.1 Å². The molecule has 0 spiro atoms. The van der Waals surface area contributed by atoms with Crippen LogP contribution in [0.4, 0.5) is 4.39 Å². The minimum Gasteiger partial charge on any atom is -0.480 e. The van der Waals surface area contributed by atoms with Crippen molar-refractivity contribution in [2.24, 2.45) is 0 Å². The highest BCUT2D eigenvalue weighted by Gasteiger charge is 2.31. The highest BCUT2D eigenvalue weighted by molar-refractivity contribution is 5.91. The Bertz CT molecular complexity index is 503. The van der Waals surface area contributed by atoms with Gasteiger partial charge in [0.2, 0.25) is 0 Å². The molecule has 1 fully saturated rings. The van der Waals surface area contributed by atoms with E-state index in [0.29, 0.717) is 13.0 Å². The number of benzene rings is 1. The average molecular weight is 253 g/mol. The molecule has 1 amide bonds. The van der Waals surface area contributed by atoms with Gasteiger partial charge in [-0.25, -0.2) is 9.18 Å². The van der Waals surface area contributed by atoms with Gasteiger partial charge >= 0.3 is 5.97 Å². The number of rotatable bonds is 3. The third-order valence-corrected chi connectivity index (χ3v) is 2.82. The van der Waals surface area contributed by atoms with Gasteiger partial charge < -0.3 is 14.7 Å². The number of halogens is 1. The van der Waals surface area contributed by atoms with Gasteiger partial charge in [0.15, 0.2) is 6.10 Å². The fourth-order valence-electron chi connectivity index (χ4n) is 1.83. The maximum absolute atomic E-state index is 13.0. The van der Waals surface area contributed by atoms with Gasteiger partial charge in [-0.05, 0) is 18.2 Å². The van der Waals surface area contributed by atoms with Crippen LogP contribution in [0.5, 0.6) is 5.75 Å².